The van der Waals surface area contributed by atoms with Crippen molar-refractivity contribution in [2.24, 2.45) is 5.92 Å². The first kappa shape index (κ1) is 22.2. The van der Waals surface area contributed by atoms with Gasteiger partial charge in [0.15, 0.2) is 0 Å². The van der Waals surface area contributed by atoms with E-state index in [0.29, 0.717) is 12.0 Å². The largest absolute Gasteiger partial charge is 0.392 e. The van der Waals surface area contributed by atoms with E-state index in [-0.39, 0.29) is 6.10 Å². The fourth-order valence-corrected chi connectivity index (χ4v) is 5.52. The van der Waals surface area contributed by atoms with E-state index in [4.69, 9.17) is 4.98 Å². The molecule has 2 aliphatic heterocycles. The minimum atomic E-state index is -0.214. The van der Waals surface area contributed by atoms with Crippen LogP contribution in [0.25, 0.3) is 0 Å². The van der Waals surface area contributed by atoms with Crippen molar-refractivity contribution in [3.63, 3.8) is 0 Å². The van der Waals surface area contributed by atoms with Gasteiger partial charge in [0.25, 0.3) is 0 Å². The molecule has 2 saturated heterocycles. The Kier molecular flexibility index (Phi) is 7.24. The Morgan fingerprint density at radius 1 is 1.06 bits per heavy atom. The molecule has 5 nitrogen and oxygen atoms in total. The Hall–Kier alpha value is -1.98. The van der Waals surface area contributed by atoms with E-state index in [9.17, 15) is 5.11 Å². The minimum absolute atomic E-state index is 0.214. The van der Waals surface area contributed by atoms with Crippen LogP contribution in [0.2, 0.25) is 0 Å². The molecule has 3 atom stereocenters. The average molecular weight is 423 g/mol. The molecule has 1 aromatic carbocycles. The van der Waals surface area contributed by atoms with Gasteiger partial charge in [0, 0.05) is 31.4 Å². The SMILES string of the molecule is CCc1cccc(CC)c1C1CC(C)CCN1c1ncncc1CN1CCCC(O)C1. The van der Waals surface area contributed by atoms with Gasteiger partial charge < -0.3 is 10.0 Å². The summed E-state index contributed by atoms with van der Waals surface area (Å²) in [6, 6.07) is 7.19. The Morgan fingerprint density at radius 3 is 2.55 bits per heavy atom. The summed E-state index contributed by atoms with van der Waals surface area (Å²) in [6.45, 7) is 10.5. The molecule has 0 amide bonds. The molecule has 0 radical (unpaired) electrons. The van der Waals surface area contributed by atoms with Crippen LogP contribution < -0.4 is 4.90 Å². The van der Waals surface area contributed by atoms with Gasteiger partial charge in [-0.1, -0.05) is 39.0 Å². The van der Waals surface area contributed by atoms with Crippen LogP contribution in [-0.4, -0.2) is 45.7 Å². The highest BCUT2D eigenvalue weighted by atomic mass is 16.3. The number of anilines is 1. The number of rotatable bonds is 6. The van der Waals surface area contributed by atoms with E-state index in [2.05, 4.69) is 53.8 Å². The number of benzene rings is 1. The van der Waals surface area contributed by atoms with Crippen molar-refractivity contribution >= 4 is 5.82 Å². The van der Waals surface area contributed by atoms with Crippen LogP contribution in [-0.2, 0) is 19.4 Å². The zero-order chi connectivity index (χ0) is 21.8. The molecular formula is C26H38N4O. The van der Waals surface area contributed by atoms with Gasteiger partial charge in [0.2, 0.25) is 0 Å². The summed E-state index contributed by atoms with van der Waals surface area (Å²) in [5, 5.41) is 10.1. The standard InChI is InChI=1S/C26H38N4O/c1-4-20-8-6-9-21(5-2)25(20)24-14-19(3)11-13-30(24)26-22(15-27-18-28-26)16-29-12-7-10-23(31)17-29/h6,8-9,15,18-19,23-24,31H,4-5,7,10-14,16-17H2,1-3H3. The predicted octanol–water partition coefficient (Wildman–Crippen LogP) is 4.54. The first-order chi connectivity index (χ1) is 15.1. The molecule has 168 valence electrons. The van der Waals surface area contributed by atoms with Gasteiger partial charge in [-0.3, -0.25) is 4.90 Å². The van der Waals surface area contributed by atoms with Crippen molar-refractivity contribution in [2.75, 3.05) is 24.5 Å². The molecule has 0 bridgehead atoms. The van der Waals surface area contributed by atoms with Gasteiger partial charge in [-0.05, 0) is 67.7 Å². The summed E-state index contributed by atoms with van der Waals surface area (Å²) in [7, 11) is 0. The summed E-state index contributed by atoms with van der Waals surface area (Å²) < 4.78 is 0. The number of likely N-dealkylation sites (tertiary alicyclic amines) is 1. The van der Waals surface area contributed by atoms with Crippen LogP contribution in [0.1, 0.15) is 74.8 Å². The lowest BCUT2D eigenvalue weighted by Gasteiger charge is -2.42. The van der Waals surface area contributed by atoms with E-state index >= 15 is 0 Å². The normalized spacial score (nSPS) is 25.0. The van der Waals surface area contributed by atoms with Crippen molar-refractivity contribution in [2.45, 2.75) is 78.0 Å². The number of nitrogens with zero attached hydrogens (tertiary/aromatic N) is 4. The Bertz CT molecular complexity index is 848. The quantitative estimate of drug-likeness (QED) is 0.741. The van der Waals surface area contributed by atoms with E-state index in [1.807, 2.05) is 6.20 Å². The van der Waals surface area contributed by atoms with Crippen LogP contribution in [0.4, 0.5) is 5.82 Å². The zero-order valence-corrected chi connectivity index (χ0v) is 19.4. The molecular weight excluding hydrogens is 384 g/mol. The lowest BCUT2D eigenvalue weighted by molar-refractivity contribution is 0.0667. The second-order valence-electron chi connectivity index (χ2n) is 9.44. The lowest BCUT2D eigenvalue weighted by Crippen LogP contribution is -2.40. The first-order valence-corrected chi connectivity index (χ1v) is 12.2. The molecule has 31 heavy (non-hydrogen) atoms. The molecule has 0 aliphatic carbocycles. The van der Waals surface area contributed by atoms with Gasteiger partial charge in [-0.15, -0.1) is 0 Å². The predicted molar refractivity (Wildman–Crippen MR) is 126 cm³/mol. The molecule has 2 aromatic rings. The monoisotopic (exact) mass is 422 g/mol. The van der Waals surface area contributed by atoms with Gasteiger partial charge >= 0.3 is 0 Å². The third-order valence-electron chi connectivity index (χ3n) is 7.16. The first-order valence-electron chi connectivity index (χ1n) is 12.2. The number of aliphatic hydroxyl groups is 1. The fourth-order valence-electron chi connectivity index (χ4n) is 5.52. The van der Waals surface area contributed by atoms with Gasteiger partial charge in [-0.25, -0.2) is 9.97 Å². The summed E-state index contributed by atoms with van der Waals surface area (Å²) in [6.07, 6.45) is 9.92. The van der Waals surface area contributed by atoms with E-state index in [1.54, 1.807) is 6.33 Å². The Balaban J connectivity index is 1.70. The fraction of sp³-hybridized carbons (Fsp3) is 0.615. The van der Waals surface area contributed by atoms with Crippen LogP contribution >= 0.6 is 0 Å². The van der Waals surface area contributed by atoms with Crippen LogP contribution in [0, 0.1) is 5.92 Å². The molecule has 0 saturated carbocycles. The number of β-amino-alcohol motifs (C(OH)–C–C–N with tert-alkyl or cyclic N) is 1. The summed E-state index contributed by atoms with van der Waals surface area (Å²) in [5.74, 6) is 1.79. The smallest absolute Gasteiger partial charge is 0.136 e. The van der Waals surface area contributed by atoms with Crippen LogP contribution in [0.3, 0.4) is 0 Å². The summed E-state index contributed by atoms with van der Waals surface area (Å²) in [5.41, 5.74) is 5.65. The molecule has 1 N–H and O–H groups in total. The van der Waals surface area contributed by atoms with Crippen LogP contribution in [0.15, 0.2) is 30.7 Å². The van der Waals surface area contributed by atoms with Crippen molar-refractivity contribution < 1.29 is 5.11 Å². The third kappa shape index (κ3) is 4.93. The van der Waals surface area contributed by atoms with Gasteiger partial charge in [0.1, 0.15) is 12.1 Å². The van der Waals surface area contributed by atoms with E-state index < -0.39 is 0 Å². The highest BCUT2D eigenvalue weighted by molar-refractivity contribution is 5.51. The third-order valence-corrected chi connectivity index (χ3v) is 7.16. The average Bonchev–Trinajstić information content (AvgIpc) is 2.79. The molecule has 4 rings (SSSR count). The number of piperidine rings is 2. The van der Waals surface area contributed by atoms with Crippen molar-refractivity contribution in [1.29, 1.82) is 0 Å². The number of hydrogen-bond acceptors (Lipinski definition) is 5. The number of aryl methyl sites for hydroxylation is 2. The topological polar surface area (TPSA) is 52.5 Å². The minimum Gasteiger partial charge on any atom is -0.392 e. The van der Waals surface area contributed by atoms with Crippen molar-refractivity contribution in [3.8, 4) is 0 Å². The molecule has 1 aromatic heterocycles. The molecule has 2 aliphatic rings. The second-order valence-corrected chi connectivity index (χ2v) is 9.44. The number of aliphatic hydroxyl groups excluding tert-OH is 1. The highest BCUT2D eigenvalue weighted by Gasteiger charge is 2.33. The van der Waals surface area contributed by atoms with E-state index in [1.165, 1.54) is 28.7 Å². The molecule has 2 fully saturated rings. The van der Waals surface area contributed by atoms with Crippen LogP contribution in [0.5, 0.6) is 0 Å². The Labute approximate surface area is 187 Å². The molecule has 5 heteroatoms. The Morgan fingerprint density at radius 2 is 1.84 bits per heavy atom. The highest BCUT2D eigenvalue weighted by Crippen LogP contribution is 2.41. The summed E-state index contributed by atoms with van der Waals surface area (Å²) >= 11 is 0. The van der Waals surface area contributed by atoms with Gasteiger partial charge in [-0.2, -0.15) is 0 Å². The lowest BCUT2D eigenvalue weighted by atomic mass is 9.83. The zero-order valence-electron chi connectivity index (χ0n) is 19.4. The van der Waals surface area contributed by atoms with E-state index in [0.717, 1.165) is 64.1 Å². The maximum Gasteiger partial charge on any atom is 0.136 e. The molecule has 3 unspecified atom stereocenters. The summed E-state index contributed by atoms with van der Waals surface area (Å²) in [4.78, 5) is 14.1. The van der Waals surface area contributed by atoms with Gasteiger partial charge in [0.05, 0.1) is 12.1 Å². The number of aromatic nitrogens is 2. The van der Waals surface area contributed by atoms with Crippen molar-refractivity contribution in [3.05, 3.63) is 53.0 Å². The molecule has 0 spiro atoms. The number of hydrogen-bond donors (Lipinski definition) is 1. The van der Waals surface area contributed by atoms with Crippen molar-refractivity contribution in [1.82, 2.24) is 14.9 Å². The second kappa shape index (κ2) is 10.1. The maximum absolute atomic E-state index is 10.1. The maximum atomic E-state index is 10.1. The molecule has 3 heterocycles.